The highest BCUT2D eigenvalue weighted by Crippen LogP contribution is 2.25. The summed E-state index contributed by atoms with van der Waals surface area (Å²) in [6.45, 7) is 4.00. The SMILES string of the molecule is CC(C)c1nc(Cl)cc(N(C)c2cccc(F)c2)n1. The Labute approximate surface area is 117 Å². The largest absolute Gasteiger partial charge is 0.329 e. The van der Waals surface area contributed by atoms with E-state index in [1.165, 1.54) is 12.1 Å². The van der Waals surface area contributed by atoms with Gasteiger partial charge in [0.25, 0.3) is 0 Å². The van der Waals surface area contributed by atoms with Gasteiger partial charge in [-0.15, -0.1) is 0 Å². The highest BCUT2D eigenvalue weighted by atomic mass is 35.5. The van der Waals surface area contributed by atoms with Crippen LogP contribution >= 0.6 is 11.6 Å². The average Bonchev–Trinajstić information content (AvgIpc) is 2.37. The third kappa shape index (κ3) is 3.20. The fourth-order valence-corrected chi connectivity index (χ4v) is 1.85. The third-order valence-electron chi connectivity index (χ3n) is 2.75. The van der Waals surface area contributed by atoms with Gasteiger partial charge in [0.15, 0.2) is 0 Å². The van der Waals surface area contributed by atoms with Gasteiger partial charge in [0.05, 0.1) is 0 Å². The van der Waals surface area contributed by atoms with Crippen molar-refractivity contribution in [1.82, 2.24) is 9.97 Å². The van der Waals surface area contributed by atoms with Crippen molar-refractivity contribution in [1.29, 1.82) is 0 Å². The molecular formula is C14H15ClFN3. The van der Waals surface area contributed by atoms with Gasteiger partial charge in [-0.3, -0.25) is 0 Å². The second kappa shape index (κ2) is 5.53. The molecule has 1 aromatic carbocycles. The molecule has 0 spiro atoms. The second-order valence-corrected chi connectivity index (χ2v) is 4.99. The molecule has 0 radical (unpaired) electrons. The summed E-state index contributed by atoms with van der Waals surface area (Å²) in [4.78, 5) is 10.4. The molecule has 0 aliphatic carbocycles. The van der Waals surface area contributed by atoms with Crippen LogP contribution in [0.25, 0.3) is 0 Å². The van der Waals surface area contributed by atoms with E-state index in [1.54, 1.807) is 17.0 Å². The molecule has 0 aliphatic rings. The molecule has 0 saturated carbocycles. The quantitative estimate of drug-likeness (QED) is 0.790. The van der Waals surface area contributed by atoms with E-state index in [4.69, 9.17) is 11.6 Å². The summed E-state index contributed by atoms with van der Waals surface area (Å²) in [7, 11) is 1.82. The van der Waals surface area contributed by atoms with Gasteiger partial charge in [0.2, 0.25) is 0 Å². The van der Waals surface area contributed by atoms with Crippen LogP contribution in [0.15, 0.2) is 30.3 Å². The van der Waals surface area contributed by atoms with Crippen molar-refractivity contribution in [2.45, 2.75) is 19.8 Å². The van der Waals surface area contributed by atoms with Crippen molar-refractivity contribution in [2.24, 2.45) is 0 Å². The Balaban J connectivity index is 2.41. The Morgan fingerprint density at radius 3 is 2.58 bits per heavy atom. The lowest BCUT2D eigenvalue weighted by Crippen LogP contribution is -2.13. The summed E-state index contributed by atoms with van der Waals surface area (Å²) in [5.41, 5.74) is 0.712. The van der Waals surface area contributed by atoms with E-state index in [9.17, 15) is 4.39 Å². The lowest BCUT2D eigenvalue weighted by molar-refractivity contribution is 0.628. The van der Waals surface area contributed by atoms with Gasteiger partial charge in [-0.05, 0) is 18.2 Å². The molecule has 0 atom stereocenters. The molecule has 3 nitrogen and oxygen atoms in total. The summed E-state index contributed by atoms with van der Waals surface area (Å²) in [6, 6.07) is 7.99. The van der Waals surface area contributed by atoms with Gasteiger partial charge in [-0.25, -0.2) is 14.4 Å². The lowest BCUT2D eigenvalue weighted by Gasteiger charge is -2.19. The zero-order chi connectivity index (χ0) is 14.0. The summed E-state index contributed by atoms with van der Waals surface area (Å²) < 4.78 is 13.2. The van der Waals surface area contributed by atoms with Crippen LogP contribution in [-0.2, 0) is 0 Å². The molecule has 0 bridgehead atoms. The van der Waals surface area contributed by atoms with Gasteiger partial charge in [0.1, 0.15) is 22.6 Å². The van der Waals surface area contributed by atoms with Gasteiger partial charge < -0.3 is 4.90 Å². The fraction of sp³-hybridized carbons (Fsp3) is 0.286. The van der Waals surface area contributed by atoms with Crippen LogP contribution in [0.5, 0.6) is 0 Å². The first-order chi connectivity index (χ1) is 8.97. The average molecular weight is 280 g/mol. The highest BCUT2D eigenvalue weighted by molar-refractivity contribution is 6.29. The fourth-order valence-electron chi connectivity index (χ4n) is 1.67. The van der Waals surface area contributed by atoms with Crippen LogP contribution in [0.1, 0.15) is 25.6 Å². The predicted molar refractivity (Wildman–Crippen MR) is 75.6 cm³/mol. The maximum atomic E-state index is 13.2. The molecule has 1 aromatic heterocycles. The Kier molecular flexibility index (Phi) is 4.00. The molecule has 19 heavy (non-hydrogen) atoms. The first kappa shape index (κ1) is 13.7. The molecule has 2 aromatic rings. The van der Waals surface area contributed by atoms with Crippen LogP contribution in [-0.4, -0.2) is 17.0 Å². The monoisotopic (exact) mass is 279 g/mol. The molecule has 0 unspecified atom stereocenters. The number of rotatable bonds is 3. The predicted octanol–water partition coefficient (Wildman–Crippen LogP) is 4.16. The molecule has 1 heterocycles. The molecule has 0 N–H and O–H groups in total. The molecule has 0 amide bonds. The molecule has 0 fully saturated rings. The minimum atomic E-state index is -0.284. The first-order valence-corrected chi connectivity index (χ1v) is 6.39. The zero-order valence-corrected chi connectivity index (χ0v) is 11.8. The van der Waals surface area contributed by atoms with Crippen molar-refractivity contribution < 1.29 is 4.39 Å². The molecule has 5 heteroatoms. The minimum absolute atomic E-state index is 0.179. The van der Waals surface area contributed by atoms with Crippen molar-refractivity contribution in [3.05, 3.63) is 47.1 Å². The van der Waals surface area contributed by atoms with Gasteiger partial charge >= 0.3 is 0 Å². The molecule has 0 saturated heterocycles. The normalized spacial score (nSPS) is 10.8. The van der Waals surface area contributed by atoms with E-state index in [2.05, 4.69) is 9.97 Å². The van der Waals surface area contributed by atoms with Crippen molar-refractivity contribution in [2.75, 3.05) is 11.9 Å². The van der Waals surface area contributed by atoms with E-state index < -0.39 is 0 Å². The second-order valence-electron chi connectivity index (χ2n) is 4.60. The van der Waals surface area contributed by atoms with Gasteiger partial charge in [0, 0.05) is 24.7 Å². The Morgan fingerprint density at radius 2 is 1.95 bits per heavy atom. The standard InChI is InChI=1S/C14H15ClFN3/c1-9(2)14-17-12(15)8-13(18-14)19(3)11-6-4-5-10(16)7-11/h4-9H,1-3H3. The minimum Gasteiger partial charge on any atom is -0.329 e. The van der Waals surface area contributed by atoms with Crippen LogP contribution in [0.2, 0.25) is 5.15 Å². The van der Waals surface area contributed by atoms with E-state index in [-0.39, 0.29) is 11.7 Å². The summed E-state index contributed by atoms with van der Waals surface area (Å²) >= 11 is 6.01. The van der Waals surface area contributed by atoms with Crippen LogP contribution in [0.3, 0.4) is 0 Å². The maximum Gasteiger partial charge on any atom is 0.137 e. The van der Waals surface area contributed by atoms with Crippen LogP contribution in [0, 0.1) is 5.82 Å². The number of hydrogen-bond donors (Lipinski definition) is 0. The maximum absolute atomic E-state index is 13.2. The molecule has 100 valence electrons. The smallest absolute Gasteiger partial charge is 0.137 e. The van der Waals surface area contributed by atoms with E-state index in [0.29, 0.717) is 22.5 Å². The Bertz CT molecular complexity index is 587. The van der Waals surface area contributed by atoms with Crippen molar-refractivity contribution in [3.63, 3.8) is 0 Å². The third-order valence-corrected chi connectivity index (χ3v) is 2.95. The summed E-state index contributed by atoms with van der Waals surface area (Å²) in [5, 5.41) is 0.386. The Hall–Kier alpha value is -1.68. The topological polar surface area (TPSA) is 29.0 Å². The number of nitrogens with zero attached hydrogens (tertiary/aromatic N) is 3. The summed E-state index contributed by atoms with van der Waals surface area (Å²) in [5.74, 6) is 1.21. The molecular weight excluding hydrogens is 265 g/mol. The van der Waals surface area contributed by atoms with Crippen LogP contribution in [0.4, 0.5) is 15.9 Å². The lowest BCUT2D eigenvalue weighted by atomic mass is 10.2. The van der Waals surface area contributed by atoms with E-state index in [0.717, 1.165) is 0 Å². The Morgan fingerprint density at radius 1 is 1.21 bits per heavy atom. The van der Waals surface area contributed by atoms with E-state index >= 15 is 0 Å². The van der Waals surface area contributed by atoms with Crippen LogP contribution < -0.4 is 4.90 Å². The van der Waals surface area contributed by atoms with Crippen molar-refractivity contribution >= 4 is 23.1 Å². The number of hydrogen-bond acceptors (Lipinski definition) is 3. The highest BCUT2D eigenvalue weighted by Gasteiger charge is 2.11. The summed E-state index contributed by atoms with van der Waals surface area (Å²) in [6.07, 6.45) is 0. The van der Waals surface area contributed by atoms with Gasteiger partial charge in [-0.1, -0.05) is 31.5 Å². The van der Waals surface area contributed by atoms with E-state index in [1.807, 2.05) is 27.0 Å². The first-order valence-electron chi connectivity index (χ1n) is 6.01. The molecule has 0 aliphatic heterocycles. The molecule has 2 rings (SSSR count). The number of halogens is 2. The number of anilines is 2. The zero-order valence-electron chi connectivity index (χ0n) is 11.1. The van der Waals surface area contributed by atoms with Gasteiger partial charge in [-0.2, -0.15) is 0 Å². The number of benzene rings is 1. The van der Waals surface area contributed by atoms with Crippen molar-refractivity contribution in [3.8, 4) is 0 Å². The number of aromatic nitrogens is 2.